The Hall–Kier alpha value is -2.74. The summed E-state index contributed by atoms with van der Waals surface area (Å²) in [4.78, 5) is 28.4. The summed E-state index contributed by atoms with van der Waals surface area (Å²) in [6, 6.07) is 4.25. The van der Waals surface area contributed by atoms with Gasteiger partial charge in [-0.15, -0.1) is 0 Å². The normalized spacial score (nSPS) is 13.2. The largest absolute Gasteiger partial charge is 0.480 e. The first kappa shape index (κ1) is 15.2. The minimum absolute atomic E-state index is 0.0626. The van der Waals surface area contributed by atoms with E-state index in [0.717, 1.165) is 12.0 Å². The van der Waals surface area contributed by atoms with Crippen LogP contribution in [0.25, 0.3) is 0 Å². The molecule has 0 spiro atoms. The number of rotatable bonds is 5. The Morgan fingerprint density at radius 1 is 1.43 bits per heavy atom. The molecule has 0 unspecified atom stereocenters. The molecule has 120 valence electrons. The molecule has 1 aliphatic rings. The Kier molecular flexibility index (Phi) is 4.07. The molecule has 8 heteroatoms. The molecule has 0 atom stereocenters. The number of amides is 1. The van der Waals surface area contributed by atoms with E-state index in [-0.39, 0.29) is 23.9 Å². The maximum absolute atomic E-state index is 13.2. The van der Waals surface area contributed by atoms with E-state index in [9.17, 15) is 14.0 Å². The number of carboxylic acid groups (broad SMARTS) is 1. The summed E-state index contributed by atoms with van der Waals surface area (Å²) in [5.74, 6) is -1.69. The molecule has 23 heavy (non-hydrogen) atoms. The zero-order valence-corrected chi connectivity index (χ0v) is 12.0. The second-order valence-corrected chi connectivity index (χ2v) is 4.99. The van der Waals surface area contributed by atoms with E-state index in [1.807, 2.05) is 0 Å². The van der Waals surface area contributed by atoms with E-state index in [1.54, 1.807) is 6.07 Å². The van der Waals surface area contributed by atoms with E-state index in [4.69, 9.17) is 14.3 Å². The first-order valence-corrected chi connectivity index (χ1v) is 6.88. The van der Waals surface area contributed by atoms with Crippen LogP contribution in [0.3, 0.4) is 0 Å². The molecule has 1 amide bonds. The highest BCUT2D eigenvalue weighted by molar-refractivity contribution is 6.06. The minimum atomic E-state index is -1.12. The lowest BCUT2D eigenvalue weighted by Crippen LogP contribution is -2.30. The van der Waals surface area contributed by atoms with Gasteiger partial charge < -0.3 is 19.2 Å². The lowest BCUT2D eigenvalue weighted by Gasteiger charge is -2.16. The Balaban J connectivity index is 1.78. The monoisotopic (exact) mass is 320 g/mol. The van der Waals surface area contributed by atoms with Crippen molar-refractivity contribution in [2.24, 2.45) is 0 Å². The fourth-order valence-corrected chi connectivity index (χ4v) is 2.49. The minimum Gasteiger partial charge on any atom is -0.480 e. The summed E-state index contributed by atoms with van der Waals surface area (Å²) >= 11 is 0. The Labute approximate surface area is 130 Å². The number of carbonyl (C=O) groups is 2. The molecule has 0 bridgehead atoms. The van der Waals surface area contributed by atoms with Crippen molar-refractivity contribution in [3.05, 3.63) is 47.4 Å². The number of ether oxygens (including phenoxy) is 1. The number of oxazole rings is 1. The highest BCUT2D eigenvalue weighted by atomic mass is 19.1. The molecule has 0 aliphatic carbocycles. The van der Waals surface area contributed by atoms with Crippen molar-refractivity contribution in [2.75, 3.05) is 18.1 Å². The summed E-state index contributed by atoms with van der Waals surface area (Å²) < 4.78 is 23.3. The fourth-order valence-electron chi connectivity index (χ4n) is 2.49. The van der Waals surface area contributed by atoms with Crippen LogP contribution < -0.4 is 4.90 Å². The van der Waals surface area contributed by atoms with E-state index in [2.05, 4.69) is 4.98 Å². The number of aliphatic carboxylic acids is 1. The van der Waals surface area contributed by atoms with Crippen LogP contribution in [-0.2, 0) is 22.6 Å². The van der Waals surface area contributed by atoms with Crippen LogP contribution in [0.2, 0.25) is 0 Å². The van der Waals surface area contributed by atoms with Gasteiger partial charge in [0.05, 0.1) is 0 Å². The molecule has 0 radical (unpaired) electrons. The van der Waals surface area contributed by atoms with Crippen LogP contribution in [0.1, 0.15) is 21.8 Å². The molecule has 1 aliphatic heterocycles. The van der Waals surface area contributed by atoms with Crippen molar-refractivity contribution in [3.63, 3.8) is 0 Å². The molecule has 0 saturated heterocycles. The van der Waals surface area contributed by atoms with E-state index < -0.39 is 18.5 Å². The summed E-state index contributed by atoms with van der Waals surface area (Å²) in [6.07, 6.45) is 1.66. The maximum Gasteiger partial charge on any atom is 0.329 e. The summed E-state index contributed by atoms with van der Waals surface area (Å²) in [7, 11) is 0. The highest BCUT2D eigenvalue weighted by Gasteiger charge is 2.29. The summed E-state index contributed by atoms with van der Waals surface area (Å²) in [5.41, 5.74) is 1.45. The SMILES string of the molecule is O=C(O)COCc1ocnc1C(=O)N1CCc2cc(F)ccc21. The first-order valence-electron chi connectivity index (χ1n) is 6.88. The molecule has 2 aromatic rings. The van der Waals surface area contributed by atoms with Gasteiger partial charge in [0.1, 0.15) is 19.0 Å². The van der Waals surface area contributed by atoms with Gasteiger partial charge in [0.15, 0.2) is 17.8 Å². The van der Waals surface area contributed by atoms with E-state index in [1.165, 1.54) is 17.0 Å². The van der Waals surface area contributed by atoms with Gasteiger partial charge in [-0.2, -0.15) is 0 Å². The van der Waals surface area contributed by atoms with Crippen molar-refractivity contribution < 1.29 is 28.2 Å². The van der Waals surface area contributed by atoms with E-state index in [0.29, 0.717) is 18.7 Å². The number of aromatic nitrogens is 1. The van der Waals surface area contributed by atoms with Crippen LogP contribution in [-0.4, -0.2) is 35.1 Å². The Bertz CT molecular complexity index is 758. The van der Waals surface area contributed by atoms with Crippen molar-refractivity contribution in [1.82, 2.24) is 4.98 Å². The molecule has 0 saturated carbocycles. The lowest BCUT2D eigenvalue weighted by atomic mass is 10.1. The van der Waals surface area contributed by atoms with Crippen molar-refractivity contribution in [1.29, 1.82) is 0 Å². The van der Waals surface area contributed by atoms with Gasteiger partial charge in [-0.25, -0.2) is 14.2 Å². The van der Waals surface area contributed by atoms with Gasteiger partial charge in [0, 0.05) is 12.2 Å². The third-order valence-electron chi connectivity index (χ3n) is 3.48. The Morgan fingerprint density at radius 3 is 3.04 bits per heavy atom. The summed E-state index contributed by atoms with van der Waals surface area (Å²) in [5, 5.41) is 8.55. The van der Waals surface area contributed by atoms with Crippen LogP contribution >= 0.6 is 0 Å². The number of hydrogen-bond acceptors (Lipinski definition) is 5. The molecular weight excluding hydrogens is 307 g/mol. The zero-order chi connectivity index (χ0) is 16.4. The molecule has 2 heterocycles. The van der Waals surface area contributed by atoms with E-state index >= 15 is 0 Å². The second kappa shape index (κ2) is 6.17. The maximum atomic E-state index is 13.2. The highest BCUT2D eigenvalue weighted by Crippen LogP contribution is 2.30. The van der Waals surface area contributed by atoms with Crippen LogP contribution in [0.4, 0.5) is 10.1 Å². The molecular formula is C15H13FN2O5. The number of carbonyl (C=O) groups excluding carboxylic acids is 1. The van der Waals surface area contributed by atoms with Gasteiger partial charge in [-0.1, -0.05) is 0 Å². The number of anilines is 1. The third-order valence-corrected chi connectivity index (χ3v) is 3.48. The van der Waals surface area contributed by atoms with Crippen LogP contribution in [0.15, 0.2) is 29.0 Å². The fraction of sp³-hybridized carbons (Fsp3) is 0.267. The molecule has 3 rings (SSSR count). The number of fused-ring (bicyclic) bond motifs is 1. The number of halogens is 1. The zero-order valence-electron chi connectivity index (χ0n) is 12.0. The molecule has 7 nitrogen and oxygen atoms in total. The topological polar surface area (TPSA) is 92.9 Å². The number of benzene rings is 1. The molecule has 1 aromatic heterocycles. The predicted octanol–water partition coefficient (Wildman–Crippen LogP) is 1.62. The van der Waals surface area contributed by atoms with Crippen LogP contribution in [0, 0.1) is 5.82 Å². The smallest absolute Gasteiger partial charge is 0.329 e. The third kappa shape index (κ3) is 3.07. The first-order chi connectivity index (χ1) is 11.1. The van der Waals surface area contributed by atoms with Gasteiger partial charge in [-0.3, -0.25) is 4.79 Å². The number of carboxylic acids is 1. The predicted molar refractivity (Wildman–Crippen MR) is 75.6 cm³/mol. The second-order valence-electron chi connectivity index (χ2n) is 4.99. The van der Waals surface area contributed by atoms with Crippen molar-refractivity contribution in [3.8, 4) is 0 Å². The lowest BCUT2D eigenvalue weighted by molar-refractivity contribution is -0.142. The van der Waals surface area contributed by atoms with Crippen molar-refractivity contribution in [2.45, 2.75) is 13.0 Å². The standard InChI is InChI=1S/C15H13FN2O5/c16-10-1-2-11-9(5-10)3-4-18(11)15(21)14-12(23-8-17-14)6-22-7-13(19)20/h1-2,5,8H,3-4,6-7H2,(H,19,20). The number of nitrogens with zero attached hydrogens (tertiary/aromatic N) is 2. The van der Waals surface area contributed by atoms with Gasteiger partial charge >= 0.3 is 5.97 Å². The van der Waals surface area contributed by atoms with Crippen LogP contribution in [0.5, 0.6) is 0 Å². The average molecular weight is 320 g/mol. The average Bonchev–Trinajstić information content (AvgIpc) is 3.12. The summed E-state index contributed by atoms with van der Waals surface area (Å²) in [6.45, 7) is -0.252. The van der Waals surface area contributed by atoms with Crippen molar-refractivity contribution >= 4 is 17.6 Å². The molecule has 1 N–H and O–H groups in total. The molecule has 0 fully saturated rings. The quantitative estimate of drug-likeness (QED) is 0.900. The van der Waals surface area contributed by atoms with Gasteiger partial charge in [0.2, 0.25) is 0 Å². The number of hydrogen-bond donors (Lipinski definition) is 1. The van der Waals surface area contributed by atoms with Gasteiger partial charge in [-0.05, 0) is 30.2 Å². The van der Waals surface area contributed by atoms with Gasteiger partial charge in [0.25, 0.3) is 5.91 Å². The molecule has 1 aromatic carbocycles. The Morgan fingerprint density at radius 2 is 2.26 bits per heavy atom.